The molecule has 0 aliphatic rings. The Hall–Kier alpha value is -0.840. The van der Waals surface area contributed by atoms with Gasteiger partial charge in [0.1, 0.15) is 0 Å². The fraction of sp³-hybridized carbons (Fsp3) is 1.00. The van der Waals surface area contributed by atoms with Crippen LogP contribution in [0.2, 0.25) is 0 Å². The molecule has 2 N–H and O–H groups in total. The Bertz CT molecular complexity index is 324. The highest BCUT2D eigenvalue weighted by atomic mass is 16.9. The maximum atomic E-state index is 8.36. The van der Waals surface area contributed by atoms with Crippen molar-refractivity contribution in [1.82, 2.24) is 5.32 Å². The number of hydrogen-bond donors (Lipinski definition) is 2. The van der Waals surface area contributed by atoms with E-state index < -0.39 is 5.09 Å². The van der Waals surface area contributed by atoms with Gasteiger partial charge in [0.05, 0.1) is 0 Å². The van der Waals surface area contributed by atoms with Crippen LogP contribution in [0.5, 0.6) is 0 Å². The third kappa shape index (κ3) is 41.9. The van der Waals surface area contributed by atoms with Gasteiger partial charge < -0.3 is 10.5 Å². The highest BCUT2D eigenvalue weighted by molar-refractivity contribution is 4.53. The fourth-order valence-electron chi connectivity index (χ4n) is 4.31. The Morgan fingerprint density at radius 3 is 0.879 bits per heavy atom. The van der Waals surface area contributed by atoms with Gasteiger partial charge in [-0.3, -0.25) is 0 Å². The maximum absolute atomic E-state index is 8.36. The lowest BCUT2D eigenvalue weighted by molar-refractivity contribution is -0.742. The first-order valence-electron chi connectivity index (χ1n) is 14.7. The van der Waals surface area contributed by atoms with Crippen molar-refractivity contribution in [3.63, 3.8) is 0 Å². The molecule has 0 aliphatic carbocycles. The van der Waals surface area contributed by atoms with Gasteiger partial charge in [0.15, 0.2) is 0 Å². The van der Waals surface area contributed by atoms with Gasteiger partial charge in [-0.05, 0) is 25.9 Å². The van der Waals surface area contributed by atoms with E-state index in [9.17, 15) is 0 Å². The van der Waals surface area contributed by atoms with Gasteiger partial charge in [-0.25, -0.2) is 0 Å². The second-order valence-corrected chi connectivity index (χ2v) is 9.77. The third-order valence-electron chi connectivity index (χ3n) is 6.41. The average Bonchev–Trinajstić information content (AvgIpc) is 2.79. The van der Waals surface area contributed by atoms with E-state index in [1.807, 2.05) is 0 Å². The van der Waals surface area contributed by atoms with Crippen LogP contribution in [0, 0.1) is 10.1 Å². The van der Waals surface area contributed by atoms with Crippen molar-refractivity contribution >= 4 is 0 Å². The summed E-state index contributed by atoms with van der Waals surface area (Å²) in [5.74, 6) is 0. The van der Waals surface area contributed by atoms with Gasteiger partial charge in [0, 0.05) is 0 Å². The molecule has 0 aromatic carbocycles. The Labute approximate surface area is 207 Å². The number of rotatable bonds is 26. The predicted molar refractivity (Wildman–Crippen MR) is 144 cm³/mol. The SMILES string of the molecule is CCCCCCCCCCCCCCNCCCCCCCCCCCCCC.O=[N+]([O-])O. The lowest BCUT2D eigenvalue weighted by Gasteiger charge is -2.06. The third-order valence-corrected chi connectivity index (χ3v) is 6.41. The fourth-order valence-corrected chi connectivity index (χ4v) is 4.31. The predicted octanol–water partition coefficient (Wildman–Crippen LogP) is 9.63. The van der Waals surface area contributed by atoms with Crippen LogP contribution in [0.15, 0.2) is 0 Å². The second-order valence-electron chi connectivity index (χ2n) is 9.77. The largest absolute Gasteiger partial charge is 0.328 e. The van der Waals surface area contributed by atoms with E-state index in [4.69, 9.17) is 15.3 Å². The summed E-state index contributed by atoms with van der Waals surface area (Å²) in [6, 6.07) is 0. The molecular formula is C28H60N2O3. The van der Waals surface area contributed by atoms with Gasteiger partial charge in [0.2, 0.25) is 0 Å². The maximum Gasteiger partial charge on any atom is 0.291 e. The van der Waals surface area contributed by atoms with Gasteiger partial charge in [-0.2, -0.15) is 0 Å². The van der Waals surface area contributed by atoms with Crippen molar-refractivity contribution in [2.45, 2.75) is 168 Å². The number of nitrogens with zero attached hydrogens (tertiary/aromatic N) is 1. The van der Waals surface area contributed by atoms with Gasteiger partial charge in [-0.15, -0.1) is 10.1 Å². The van der Waals surface area contributed by atoms with Crippen LogP contribution in [0.1, 0.15) is 168 Å². The zero-order valence-corrected chi connectivity index (χ0v) is 22.6. The number of nitrogens with one attached hydrogen (secondary N) is 1. The Morgan fingerprint density at radius 1 is 0.485 bits per heavy atom. The highest BCUT2D eigenvalue weighted by Crippen LogP contribution is 2.13. The van der Waals surface area contributed by atoms with Crippen LogP contribution in [0.4, 0.5) is 0 Å². The van der Waals surface area contributed by atoms with Crippen molar-refractivity contribution in [2.24, 2.45) is 0 Å². The van der Waals surface area contributed by atoms with Crippen molar-refractivity contribution in [2.75, 3.05) is 13.1 Å². The summed E-state index contributed by atoms with van der Waals surface area (Å²) in [6.45, 7) is 7.09. The lowest BCUT2D eigenvalue weighted by atomic mass is 10.1. The van der Waals surface area contributed by atoms with E-state index in [0.29, 0.717) is 0 Å². The molecule has 0 saturated carbocycles. The molecule has 33 heavy (non-hydrogen) atoms. The summed E-state index contributed by atoms with van der Waals surface area (Å²) in [7, 11) is 0. The Morgan fingerprint density at radius 2 is 0.667 bits per heavy atom. The molecule has 0 aromatic rings. The first kappa shape index (κ1) is 34.3. The van der Waals surface area contributed by atoms with Crippen molar-refractivity contribution < 1.29 is 10.3 Å². The monoisotopic (exact) mass is 472 g/mol. The molecule has 0 heterocycles. The van der Waals surface area contributed by atoms with Gasteiger partial charge >= 0.3 is 0 Å². The van der Waals surface area contributed by atoms with E-state index in [0.717, 1.165) is 0 Å². The molecule has 0 radical (unpaired) electrons. The summed E-state index contributed by atoms with van der Waals surface area (Å²) in [5.41, 5.74) is 0. The normalized spacial score (nSPS) is 10.7. The quantitative estimate of drug-likeness (QED) is 0.0746. The molecule has 0 spiro atoms. The molecule has 0 bridgehead atoms. The molecule has 0 unspecified atom stereocenters. The molecule has 0 amide bonds. The van der Waals surface area contributed by atoms with Crippen molar-refractivity contribution in [1.29, 1.82) is 0 Å². The zero-order chi connectivity index (χ0) is 24.7. The Balaban J connectivity index is 0. The lowest BCUT2D eigenvalue weighted by Crippen LogP contribution is -2.16. The molecule has 5 nitrogen and oxygen atoms in total. The summed E-state index contributed by atoms with van der Waals surface area (Å²) < 4.78 is 0. The summed E-state index contributed by atoms with van der Waals surface area (Å²) in [6.07, 6.45) is 34.8. The molecule has 0 rings (SSSR count). The summed E-state index contributed by atoms with van der Waals surface area (Å²) >= 11 is 0. The van der Waals surface area contributed by atoms with Crippen LogP contribution in [-0.4, -0.2) is 23.4 Å². The number of hydrogen-bond acceptors (Lipinski definition) is 3. The highest BCUT2D eigenvalue weighted by Gasteiger charge is 1.95. The summed E-state index contributed by atoms with van der Waals surface area (Å²) in [4.78, 5) is 8.36. The van der Waals surface area contributed by atoms with E-state index in [1.54, 1.807) is 0 Å². The van der Waals surface area contributed by atoms with E-state index in [-0.39, 0.29) is 0 Å². The molecule has 0 atom stereocenters. The van der Waals surface area contributed by atoms with Crippen molar-refractivity contribution in [3.8, 4) is 0 Å². The van der Waals surface area contributed by atoms with Gasteiger partial charge in [-0.1, -0.05) is 155 Å². The standard InChI is InChI=1S/C28H59N.HNO3/c1-3-5-7-9-11-13-15-17-19-21-23-25-27-29-28-26-24-22-20-18-16-14-12-10-8-6-4-2;2-1(3)4/h29H,3-28H2,1-2H3;(H,2,3,4). The van der Waals surface area contributed by atoms with E-state index in [2.05, 4.69) is 19.2 Å². The van der Waals surface area contributed by atoms with Crippen LogP contribution < -0.4 is 5.32 Å². The summed E-state index contributed by atoms with van der Waals surface area (Å²) in [5, 5.41) is 17.3. The molecule has 200 valence electrons. The minimum absolute atomic E-state index is 1.25. The second kappa shape index (κ2) is 33.3. The topological polar surface area (TPSA) is 75.4 Å². The molecule has 0 aromatic heterocycles. The molecule has 0 saturated heterocycles. The zero-order valence-electron chi connectivity index (χ0n) is 22.6. The molecule has 0 fully saturated rings. The van der Waals surface area contributed by atoms with Crippen molar-refractivity contribution in [3.05, 3.63) is 10.1 Å². The molecular weight excluding hydrogens is 412 g/mol. The smallest absolute Gasteiger partial charge is 0.291 e. The minimum atomic E-state index is -1.50. The van der Waals surface area contributed by atoms with Crippen LogP contribution >= 0.6 is 0 Å². The Kier molecular flexibility index (Phi) is 34.7. The van der Waals surface area contributed by atoms with E-state index in [1.165, 1.54) is 167 Å². The molecule has 5 heteroatoms. The minimum Gasteiger partial charge on any atom is -0.328 e. The van der Waals surface area contributed by atoms with E-state index >= 15 is 0 Å². The molecule has 0 aliphatic heterocycles. The number of unbranched alkanes of at least 4 members (excludes halogenated alkanes) is 22. The van der Waals surface area contributed by atoms with Gasteiger partial charge in [0.25, 0.3) is 5.09 Å². The first-order valence-corrected chi connectivity index (χ1v) is 14.7. The van der Waals surface area contributed by atoms with Crippen LogP contribution in [-0.2, 0) is 0 Å². The average molecular weight is 473 g/mol. The van der Waals surface area contributed by atoms with Crippen LogP contribution in [0.25, 0.3) is 0 Å². The van der Waals surface area contributed by atoms with Crippen LogP contribution in [0.3, 0.4) is 0 Å². The first-order chi connectivity index (χ1) is 16.1.